The molecular weight excluding hydrogens is 292 g/mol. The fraction of sp³-hybridized carbons (Fsp3) is 0.214. The summed E-state index contributed by atoms with van der Waals surface area (Å²) in [4.78, 5) is 0. The van der Waals surface area contributed by atoms with E-state index in [1.54, 1.807) is 31.3 Å². The average molecular weight is 306 g/mol. The summed E-state index contributed by atoms with van der Waals surface area (Å²) in [6.07, 6.45) is 0. The molecule has 1 heterocycles. The van der Waals surface area contributed by atoms with E-state index in [1.165, 1.54) is 15.6 Å². The second-order valence-electron chi connectivity index (χ2n) is 4.41. The Morgan fingerprint density at radius 2 is 2.05 bits per heavy atom. The SMILES string of the molecule is CN(Cc1ccsc1)S(=O)(=O)Cc1ccccc1C#N. The number of nitrogens with zero attached hydrogens (tertiary/aromatic N) is 2. The zero-order valence-electron chi connectivity index (χ0n) is 11.0. The van der Waals surface area contributed by atoms with Crippen LogP contribution < -0.4 is 0 Å². The molecule has 0 unspecified atom stereocenters. The Kier molecular flexibility index (Phi) is 4.55. The third kappa shape index (κ3) is 3.45. The summed E-state index contributed by atoms with van der Waals surface area (Å²) >= 11 is 1.54. The minimum absolute atomic E-state index is 0.155. The van der Waals surface area contributed by atoms with Crippen LogP contribution in [-0.4, -0.2) is 19.8 Å². The summed E-state index contributed by atoms with van der Waals surface area (Å²) in [6, 6.07) is 10.7. The molecule has 0 aliphatic rings. The Hall–Kier alpha value is -1.68. The molecule has 0 N–H and O–H groups in total. The molecule has 2 aromatic rings. The molecule has 0 saturated carbocycles. The van der Waals surface area contributed by atoms with Crippen molar-refractivity contribution in [2.75, 3.05) is 7.05 Å². The van der Waals surface area contributed by atoms with Crippen LogP contribution in [0.5, 0.6) is 0 Å². The van der Waals surface area contributed by atoms with Gasteiger partial charge in [0.05, 0.1) is 17.4 Å². The van der Waals surface area contributed by atoms with E-state index in [0.717, 1.165) is 5.56 Å². The lowest BCUT2D eigenvalue weighted by molar-refractivity contribution is 0.466. The molecule has 1 aromatic carbocycles. The third-order valence-electron chi connectivity index (χ3n) is 2.94. The molecule has 0 amide bonds. The fourth-order valence-corrected chi connectivity index (χ4v) is 3.67. The van der Waals surface area contributed by atoms with Gasteiger partial charge in [-0.25, -0.2) is 12.7 Å². The molecule has 0 radical (unpaired) electrons. The molecule has 0 aliphatic heterocycles. The Morgan fingerprint density at radius 1 is 1.30 bits per heavy atom. The van der Waals surface area contributed by atoms with Crippen molar-refractivity contribution < 1.29 is 8.42 Å². The van der Waals surface area contributed by atoms with Crippen molar-refractivity contribution in [2.24, 2.45) is 0 Å². The van der Waals surface area contributed by atoms with Gasteiger partial charge in [0.1, 0.15) is 0 Å². The number of nitriles is 1. The summed E-state index contributed by atoms with van der Waals surface area (Å²) in [6.45, 7) is 0.348. The number of sulfonamides is 1. The molecule has 1 aromatic heterocycles. The van der Waals surface area contributed by atoms with Gasteiger partial charge in [-0.3, -0.25) is 0 Å². The number of benzene rings is 1. The van der Waals surface area contributed by atoms with Crippen LogP contribution in [0.1, 0.15) is 16.7 Å². The molecule has 0 fully saturated rings. The van der Waals surface area contributed by atoms with Crippen LogP contribution in [-0.2, 0) is 22.3 Å². The molecule has 6 heteroatoms. The molecule has 0 aliphatic carbocycles. The lowest BCUT2D eigenvalue weighted by Gasteiger charge is -2.17. The second-order valence-corrected chi connectivity index (χ2v) is 7.27. The predicted molar refractivity (Wildman–Crippen MR) is 79.6 cm³/mol. The summed E-state index contributed by atoms with van der Waals surface area (Å²) in [5, 5.41) is 12.8. The molecule has 4 nitrogen and oxygen atoms in total. The number of hydrogen-bond donors (Lipinski definition) is 0. The van der Waals surface area contributed by atoms with E-state index in [1.807, 2.05) is 22.9 Å². The third-order valence-corrected chi connectivity index (χ3v) is 5.42. The molecule has 104 valence electrons. The topological polar surface area (TPSA) is 61.2 Å². The summed E-state index contributed by atoms with van der Waals surface area (Å²) in [7, 11) is -1.88. The monoisotopic (exact) mass is 306 g/mol. The van der Waals surface area contributed by atoms with Gasteiger partial charge in [-0.2, -0.15) is 16.6 Å². The van der Waals surface area contributed by atoms with Gasteiger partial charge < -0.3 is 0 Å². The van der Waals surface area contributed by atoms with Gasteiger partial charge in [-0.1, -0.05) is 18.2 Å². The number of hydrogen-bond acceptors (Lipinski definition) is 4. The zero-order valence-corrected chi connectivity index (χ0v) is 12.6. The molecule has 20 heavy (non-hydrogen) atoms. The normalized spacial score (nSPS) is 11.4. The van der Waals surface area contributed by atoms with Crippen LogP contribution in [0.3, 0.4) is 0 Å². The van der Waals surface area contributed by atoms with Gasteiger partial charge >= 0.3 is 0 Å². The van der Waals surface area contributed by atoms with Crippen molar-refractivity contribution in [2.45, 2.75) is 12.3 Å². The fourth-order valence-electron chi connectivity index (χ4n) is 1.80. The van der Waals surface area contributed by atoms with Crippen LogP contribution in [0.2, 0.25) is 0 Å². The zero-order chi connectivity index (χ0) is 14.6. The van der Waals surface area contributed by atoms with E-state index in [9.17, 15) is 8.42 Å². The van der Waals surface area contributed by atoms with Crippen molar-refractivity contribution in [1.82, 2.24) is 4.31 Å². The average Bonchev–Trinajstić information content (AvgIpc) is 2.92. The van der Waals surface area contributed by atoms with Crippen LogP contribution >= 0.6 is 11.3 Å². The van der Waals surface area contributed by atoms with Crippen LogP contribution in [0.25, 0.3) is 0 Å². The van der Waals surface area contributed by atoms with Gasteiger partial charge in [0.2, 0.25) is 10.0 Å². The standard InChI is InChI=1S/C14H14N2O2S2/c1-16(9-12-6-7-19-10-12)20(17,18)11-14-5-3-2-4-13(14)8-15/h2-7,10H,9,11H2,1H3. The molecule has 2 rings (SSSR count). The van der Waals surface area contributed by atoms with Gasteiger partial charge in [0, 0.05) is 13.6 Å². The molecule has 0 saturated heterocycles. The minimum atomic E-state index is -3.44. The first kappa shape index (κ1) is 14.7. The van der Waals surface area contributed by atoms with E-state index < -0.39 is 10.0 Å². The summed E-state index contributed by atoms with van der Waals surface area (Å²) in [5.41, 5.74) is 1.90. The maximum Gasteiger partial charge on any atom is 0.218 e. The summed E-state index contributed by atoms with van der Waals surface area (Å²) in [5.74, 6) is -0.155. The smallest absolute Gasteiger partial charge is 0.212 e. The van der Waals surface area contributed by atoms with E-state index in [4.69, 9.17) is 5.26 Å². The molecule has 0 bridgehead atoms. The highest BCUT2D eigenvalue weighted by Crippen LogP contribution is 2.16. The quantitative estimate of drug-likeness (QED) is 0.853. The predicted octanol–water partition coefficient (Wildman–Crippen LogP) is 2.58. The Morgan fingerprint density at radius 3 is 2.70 bits per heavy atom. The van der Waals surface area contributed by atoms with E-state index >= 15 is 0 Å². The van der Waals surface area contributed by atoms with Crippen molar-refractivity contribution in [3.63, 3.8) is 0 Å². The molecular formula is C14H14N2O2S2. The van der Waals surface area contributed by atoms with Crippen molar-refractivity contribution in [3.8, 4) is 6.07 Å². The van der Waals surface area contributed by atoms with E-state index in [0.29, 0.717) is 17.7 Å². The van der Waals surface area contributed by atoms with Gasteiger partial charge in [-0.05, 0) is 34.0 Å². The van der Waals surface area contributed by atoms with E-state index in [-0.39, 0.29) is 5.75 Å². The van der Waals surface area contributed by atoms with E-state index in [2.05, 4.69) is 0 Å². The molecule has 0 atom stereocenters. The van der Waals surface area contributed by atoms with Crippen LogP contribution in [0.15, 0.2) is 41.1 Å². The first-order chi connectivity index (χ1) is 9.53. The lowest BCUT2D eigenvalue weighted by Crippen LogP contribution is -2.27. The van der Waals surface area contributed by atoms with Crippen LogP contribution in [0, 0.1) is 11.3 Å². The Bertz CT molecular complexity index is 716. The lowest BCUT2D eigenvalue weighted by atomic mass is 10.1. The number of thiophene rings is 1. The van der Waals surface area contributed by atoms with Crippen molar-refractivity contribution in [1.29, 1.82) is 5.26 Å². The number of rotatable bonds is 5. The van der Waals surface area contributed by atoms with Crippen molar-refractivity contribution >= 4 is 21.4 Å². The highest BCUT2D eigenvalue weighted by molar-refractivity contribution is 7.88. The van der Waals surface area contributed by atoms with Crippen molar-refractivity contribution in [3.05, 3.63) is 57.8 Å². The van der Waals surface area contributed by atoms with Gasteiger partial charge in [0.25, 0.3) is 0 Å². The van der Waals surface area contributed by atoms with Gasteiger partial charge in [-0.15, -0.1) is 0 Å². The second kappa shape index (κ2) is 6.18. The maximum absolute atomic E-state index is 12.3. The summed E-state index contributed by atoms with van der Waals surface area (Å²) < 4.78 is 26.0. The molecule has 0 spiro atoms. The maximum atomic E-state index is 12.3. The highest BCUT2D eigenvalue weighted by atomic mass is 32.2. The minimum Gasteiger partial charge on any atom is -0.212 e. The Labute approximate surface area is 123 Å². The largest absolute Gasteiger partial charge is 0.218 e. The first-order valence-corrected chi connectivity index (χ1v) is 8.51. The van der Waals surface area contributed by atoms with Gasteiger partial charge in [0.15, 0.2) is 0 Å². The Balaban J connectivity index is 2.17. The van der Waals surface area contributed by atoms with Crippen LogP contribution in [0.4, 0.5) is 0 Å². The highest BCUT2D eigenvalue weighted by Gasteiger charge is 2.20. The first-order valence-electron chi connectivity index (χ1n) is 5.96.